The number of hydrogen-bond acceptors (Lipinski definition) is 3. The molecule has 0 bridgehead atoms. The van der Waals surface area contributed by atoms with Crippen LogP contribution in [0.3, 0.4) is 0 Å². The average Bonchev–Trinajstić information content (AvgIpc) is 3.12. The largest absolute Gasteiger partial charge is 0.507 e. The summed E-state index contributed by atoms with van der Waals surface area (Å²) in [4.78, 5) is 0. The Hall–Kier alpha value is -3.72. The predicted octanol–water partition coefficient (Wildman–Crippen LogP) is 14.9. The second kappa shape index (κ2) is 17.2. The van der Waals surface area contributed by atoms with Gasteiger partial charge in [-0.1, -0.05) is 140 Å². The van der Waals surface area contributed by atoms with Crippen LogP contribution in [0, 0.1) is 20.8 Å². The van der Waals surface area contributed by atoms with Gasteiger partial charge in [-0.2, -0.15) is 0 Å². The van der Waals surface area contributed by atoms with Gasteiger partial charge in [-0.05, 0) is 177 Å². The van der Waals surface area contributed by atoms with Crippen molar-refractivity contribution in [2.24, 2.45) is 0 Å². The molecule has 0 fully saturated rings. The van der Waals surface area contributed by atoms with E-state index in [1.807, 2.05) is 0 Å². The maximum absolute atomic E-state index is 11.6. The van der Waals surface area contributed by atoms with Crippen LogP contribution in [0.15, 0.2) is 36.4 Å². The first-order valence-corrected chi connectivity index (χ1v) is 22.0. The zero-order chi connectivity index (χ0) is 43.1. The molecular formula is C54H78O3. The van der Waals surface area contributed by atoms with E-state index in [1.165, 1.54) is 50.1 Å². The smallest absolute Gasteiger partial charge is 0.122 e. The molecule has 0 saturated carbocycles. The molecule has 0 radical (unpaired) electrons. The first kappa shape index (κ1) is 46.0. The Bertz CT molecular complexity index is 1820. The van der Waals surface area contributed by atoms with Crippen LogP contribution in [0.25, 0.3) is 0 Å². The lowest BCUT2D eigenvalue weighted by Gasteiger charge is -2.28. The Kier molecular flexibility index (Phi) is 13.9. The molecule has 3 N–H and O–H groups in total. The Morgan fingerprint density at radius 3 is 0.789 bits per heavy atom. The monoisotopic (exact) mass is 775 g/mol. The van der Waals surface area contributed by atoms with Gasteiger partial charge in [0.1, 0.15) is 17.2 Å². The summed E-state index contributed by atoms with van der Waals surface area (Å²) in [5, 5.41) is 34.8. The molecule has 0 aliphatic heterocycles. The molecule has 57 heavy (non-hydrogen) atoms. The van der Waals surface area contributed by atoms with Gasteiger partial charge in [0.25, 0.3) is 0 Å². The van der Waals surface area contributed by atoms with E-state index in [-0.39, 0.29) is 34.0 Å². The van der Waals surface area contributed by atoms with Crippen LogP contribution in [0.4, 0.5) is 0 Å². The maximum atomic E-state index is 11.6. The molecule has 0 aliphatic carbocycles. The number of aromatic hydroxyl groups is 3. The van der Waals surface area contributed by atoms with Gasteiger partial charge in [-0.3, -0.25) is 0 Å². The van der Waals surface area contributed by atoms with Crippen molar-refractivity contribution in [1.82, 2.24) is 0 Å². The molecule has 0 saturated heterocycles. The van der Waals surface area contributed by atoms with Crippen molar-refractivity contribution in [3.8, 4) is 17.2 Å². The molecule has 3 nitrogen and oxygen atoms in total. The van der Waals surface area contributed by atoms with Crippen molar-refractivity contribution in [3.05, 3.63) is 120 Å². The Morgan fingerprint density at radius 2 is 0.614 bits per heavy atom. The van der Waals surface area contributed by atoms with Crippen LogP contribution in [-0.2, 0) is 35.5 Å². The van der Waals surface area contributed by atoms with Crippen LogP contribution in [0.1, 0.15) is 224 Å². The number of phenolic OH excluding ortho intramolecular Hbond substituents is 3. The first-order chi connectivity index (χ1) is 26.3. The van der Waals surface area contributed by atoms with Crippen LogP contribution < -0.4 is 0 Å². The zero-order valence-electron chi connectivity index (χ0n) is 39.3. The quantitative estimate of drug-likeness (QED) is 0.134. The van der Waals surface area contributed by atoms with Crippen molar-refractivity contribution in [3.63, 3.8) is 0 Å². The van der Waals surface area contributed by atoms with Gasteiger partial charge >= 0.3 is 0 Å². The normalized spacial score (nSPS) is 14.2. The lowest BCUT2D eigenvalue weighted by Crippen LogP contribution is -2.15. The molecule has 312 valence electrons. The minimum atomic E-state index is -0.204. The number of benzene rings is 4. The summed E-state index contributed by atoms with van der Waals surface area (Å²) < 4.78 is 0. The summed E-state index contributed by atoms with van der Waals surface area (Å²) in [6.45, 7) is 39.9. The van der Waals surface area contributed by atoms with E-state index in [0.29, 0.717) is 17.2 Å². The van der Waals surface area contributed by atoms with Crippen molar-refractivity contribution >= 4 is 0 Å². The summed E-state index contributed by atoms with van der Waals surface area (Å²) in [6, 6.07) is 13.5. The molecule has 0 heterocycles. The number of rotatable bonds is 12. The zero-order valence-corrected chi connectivity index (χ0v) is 39.3. The highest BCUT2D eigenvalue weighted by atomic mass is 16.3. The fraction of sp³-hybridized carbons (Fsp3) is 0.556. The second-order valence-corrected chi connectivity index (χ2v) is 20.8. The molecule has 0 aromatic heterocycles. The third kappa shape index (κ3) is 9.77. The molecule has 4 rings (SSSR count). The average molecular weight is 775 g/mol. The number of hydrogen-bond donors (Lipinski definition) is 3. The van der Waals surface area contributed by atoms with Gasteiger partial charge in [-0.25, -0.2) is 0 Å². The maximum Gasteiger partial charge on any atom is 0.122 e. The lowest BCUT2D eigenvalue weighted by atomic mass is 9.77. The van der Waals surface area contributed by atoms with E-state index < -0.39 is 0 Å². The molecule has 4 aromatic carbocycles. The highest BCUT2D eigenvalue weighted by molar-refractivity contribution is 5.59. The number of phenols is 3. The van der Waals surface area contributed by atoms with Crippen LogP contribution >= 0.6 is 0 Å². The van der Waals surface area contributed by atoms with Crippen molar-refractivity contribution in [1.29, 1.82) is 0 Å². The van der Waals surface area contributed by atoms with Crippen molar-refractivity contribution in [2.75, 3.05) is 0 Å². The topological polar surface area (TPSA) is 60.7 Å². The molecule has 0 amide bonds. The summed E-state index contributed by atoms with van der Waals surface area (Å²) in [7, 11) is 0. The summed E-state index contributed by atoms with van der Waals surface area (Å²) in [6.07, 6.45) is 5.19. The van der Waals surface area contributed by atoms with E-state index in [0.717, 1.165) is 71.9 Å². The highest BCUT2D eigenvalue weighted by Crippen LogP contribution is 2.44. The first-order valence-electron chi connectivity index (χ1n) is 22.0. The SMILES string of the molecule is CCC(C)c1cc(Cc2c(C)c(Cc3cc(C(C)CC)c(O)c(C(C)(C)C)c3)c(C)c(Cc3cc(C(C)CC)c(O)c(C(C)(C)C)c3)c2C)cc(C(C)(C)C)c1O. The molecule has 0 aliphatic rings. The summed E-state index contributed by atoms with van der Waals surface area (Å²) in [5.74, 6) is 2.06. The molecule has 3 unspecified atom stereocenters. The standard InChI is InChI=1S/C54H78O3/c1-19-31(4)40-22-37(28-46(49(40)55)52(10,11)12)25-43-34(7)44(26-38-23-41(32(5)20-2)50(56)47(29-38)53(13,14)15)36(9)45(35(43)8)27-39-24-42(33(6)21-3)51(57)48(30-39)54(16,17)18/h22-24,28-33,55-57H,19-21,25-27H2,1-18H3. The van der Waals surface area contributed by atoms with Crippen LogP contribution in [-0.4, -0.2) is 15.3 Å². The van der Waals surface area contributed by atoms with E-state index in [2.05, 4.69) is 161 Å². The van der Waals surface area contributed by atoms with Gasteiger partial charge in [0.15, 0.2) is 0 Å². The highest BCUT2D eigenvalue weighted by Gasteiger charge is 2.28. The van der Waals surface area contributed by atoms with E-state index in [4.69, 9.17) is 0 Å². The van der Waals surface area contributed by atoms with Crippen molar-refractivity contribution < 1.29 is 15.3 Å². The van der Waals surface area contributed by atoms with Gasteiger partial charge < -0.3 is 15.3 Å². The minimum Gasteiger partial charge on any atom is -0.507 e. The lowest BCUT2D eigenvalue weighted by molar-refractivity contribution is 0.434. The van der Waals surface area contributed by atoms with Crippen molar-refractivity contribution in [2.45, 2.75) is 197 Å². The molecular weight excluding hydrogens is 697 g/mol. The molecule has 3 atom stereocenters. The minimum absolute atomic E-state index is 0.204. The third-order valence-electron chi connectivity index (χ3n) is 13.3. The van der Waals surface area contributed by atoms with Crippen LogP contribution in [0.2, 0.25) is 0 Å². The summed E-state index contributed by atoms with van der Waals surface area (Å²) in [5.41, 5.74) is 17.2. The molecule has 0 spiro atoms. The fourth-order valence-corrected chi connectivity index (χ4v) is 8.76. The van der Waals surface area contributed by atoms with Gasteiger partial charge in [0, 0.05) is 0 Å². The Labute approximate surface area is 348 Å². The Balaban J connectivity index is 2.07. The molecule has 3 heteroatoms. The van der Waals surface area contributed by atoms with Gasteiger partial charge in [-0.15, -0.1) is 0 Å². The molecule has 4 aromatic rings. The predicted molar refractivity (Wildman–Crippen MR) is 246 cm³/mol. The van der Waals surface area contributed by atoms with Gasteiger partial charge in [0.2, 0.25) is 0 Å². The van der Waals surface area contributed by atoms with Gasteiger partial charge in [0.05, 0.1) is 0 Å². The fourth-order valence-electron chi connectivity index (χ4n) is 8.76. The second-order valence-electron chi connectivity index (χ2n) is 20.8. The van der Waals surface area contributed by atoms with E-state index >= 15 is 0 Å². The van der Waals surface area contributed by atoms with Crippen LogP contribution in [0.5, 0.6) is 17.2 Å². The summed E-state index contributed by atoms with van der Waals surface area (Å²) >= 11 is 0. The Morgan fingerprint density at radius 1 is 0.404 bits per heavy atom. The van der Waals surface area contributed by atoms with E-state index in [9.17, 15) is 15.3 Å². The van der Waals surface area contributed by atoms with E-state index in [1.54, 1.807) is 0 Å². The third-order valence-corrected chi connectivity index (χ3v) is 13.3.